The molecule has 0 bridgehead atoms. The summed E-state index contributed by atoms with van der Waals surface area (Å²) in [5, 5.41) is 0. The molecule has 0 unspecified atom stereocenters. The van der Waals surface area contributed by atoms with Gasteiger partial charge in [-0.1, -0.05) is 38.3 Å². The average Bonchev–Trinajstić information content (AvgIpc) is 2.55. The molecule has 1 aromatic carbocycles. The lowest BCUT2D eigenvalue weighted by Gasteiger charge is -2.21. The van der Waals surface area contributed by atoms with Gasteiger partial charge in [-0.3, -0.25) is 0 Å². The van der Waals surface area contributed by atoms with E-state index in [1.165, 1.54) is 19.3 Å². The average molecular weight is 325 g/mol. The van der Waals surface area contributed by atoms with Crippen molar-refractivity contribution in [1.29, 1.82) is 0 Å². The van der Waals surface area contributed by atoms with Crippen LogP contribution in [0.3, 0.4) is 0 Å². The van der Waals surface area contributed by atoms with Gasteiger partial charge in [0.25, 0.3) is 0 Å². The molecule has 2 rings (SSSR count). The Morgan fingerprint density at radius 3 is 2.45 bits per heavy atom. The molecule has 1 fully saturated rings. The van der Waals surface area contributed by atoms with Gasteiger partial charge in [0.1, 0.15) is 0 Å². The Kier molecular flexibility index (Phi) is 6.86. The summed E-state index contributed by atoms with van der Waals surface area (Å²) in [6.07, 6.45) is 8.12. The Bertz CT molecular complexity index is 534. The number of aryl methyl sites for hydroxylation is 1. The number of rotatable bonds is 8. The third-order valence-electron chi connectivity index (χ3n) is 4.16. The number of sulfonamides is 1. The molecule has 1 saturated carbocycles. The molecule has 0 aromatic heterocycles. The molecule has 5 heteroatoms. The van der Waals surface area contributed by atoms with E-state index >= 15 is 0 Å². The highest BCUT2D eigenvalue weighted by atomic mass is 32.2. The summed E-state index contributed by atoms with van der Waals surface area (Å²) in [5.41, 5.74) is 1.14. The summed E-state index contributed by atoms with van der Waals surface area (Å²) in [6, 6.07) is 7.06. The first-order valence-electron chi connectivity index (χ1n) is 8.32. The largest absolute Gasteiger partial charge is 0.378 e. The fraction of sp³-hybridized carbons (Fsp3) is 0.647. The van der Waals surface area contributed by atoms with Crippen molar-refractivity contribution >= 4 is 10.0 Å². The van der Waals surface area contributed by atoms with Gasteiger partial charge in [-0.25, -0.2) is 13.1 Å². The number of hydrogen-bond donors (Lipinski definition) is 1. The summed E-state index contributed by atoms with van der Waals surface area (Å²) < 4.78 is 32.7. The predicted octanol–water partition coefficient (Wildman–Crippen LogP) is 3.27. The third kappa shape index (κ3) is 5.38. The van der Waals surface area contributed by atoms with Crippen LogP contribution in [0.25, 0.3) is 0 Å². The summed E-state index contributed by atoms with van der Waals surface area (Å²) in [6.45, 7) is 3.10. The molecule has 1 N–H and O–H groups in total. The molecule has 0 heterocycles. The van der Waals surface area contributed by atoms with Crippen molar-refractivity contribution < 1.29 is 13.2 Å². The lowest BCUT2D eigenvalue weighted by molar-refractivity contribution is 0.0278. The molecule has 0 saturated heterocycles. The lowest BCUT2D eigenvalue weighted by Crippen LogP contribution is -2.26. The molecule has 0 atom stereocenters. The fourth-order valence-electron chi connectivity index (χ4n) is 2.75. The van der Waals surface area contributed by atoms with Crippen molar-refractivity contribution in [2.24, 2.45) is 0 Å². The van der Waals surface area contributed by atoms with Crippen LogP contribution in [0.15, 0.2) is 29.2 Å². The molecular formula is C17H27NO3S. The Morgan fingerprint density at radius 1 is 1.14 bits per heavy atom. The van der Waals surface area contributed by atoms with Gasteiger partial charge < -0.3 is 4.74 Å². The zero-order valence-corrected chi connectivity index (χ0v) is 14.2. The van der Waals surface area contributed by atoms with Crippen LogP contribution in [0.4, 0.5) is 0 Å². The van der Waals surface area contributed by atoms with Gasteiger partial charge in [0, 0.05) is 13.2 Å². The van der Waals surface area contributed by atoms with Crippen LogP contribution in [0.1, 0.15) is 51.0 Å². The highest BCUT2D eigenvalue weighted by Gasteiger charge is 2.15. The minimum absolute atomic E-state index is 0.331. The maximum absolute atomic E-state index is 12.1. The van der Waals surface area contributed by atoms with E-state index in [0.29, 0.717) is 30.6 Å². The Morgan fingerprint density at radius 2 is 1.82 bits per heavy atom. The Balaban J connectivity index is 1.70. The molecule has 0 aliphatic heterocycles. The molecule has 0 radical (unpaired) electrons. The van der Waals surface area contributed by atoms with E-state index in [1.54, 1.807) is 12.1 Å². The fourth-order valence-corrected chi connectivity index (χ4v) is 3.82. The number of benzene rings is 1. The molecule has 124 valence electrons. The van der Waals surface area contributed by atoms with Gasteiger partial charge in [0.05, 0.1) is 11.0 Å². The molecule has 1 aliphatic rings. The molecule has 4 nitrogen and oxygen atoms in total. The van der Waals surface area contributed by atoms with Crippen LogP contribution < -0.4 is 4.72 Å². The van der Waals surface area contributed by atoms with Crippen molar-refractivity contribution in [2.75, 3.05) is 13.2 Å². The van der Waals surface area contributed by atoms with Crippen LogP contribution >= 0.6 is 0 Å². The molecular weight excluding hydrogens is 298 g/mol. The van der Waals surface area contributed by atoms with Crippen LogP contribution in [0, 0.1) is 0 Å². The summed E-state index contributed by atoms with van der Waals surface area (Å²) in [7, 11) is -3.40. The number of hydrogen-bond acceptors (Lipinski definition) is 3. The SMILES string of the molecule is CCc1ccc(S(=O)(=O)NCCCOC2CCCCC2)cc1. The summed E-state index contributed by atoms with van der Waals surface area (Å²) >= 11 is 0. The lowest BCUT2D eigenvalue weighted by atomic mass is 9.98. The van der Waals surface area contributed by atoms with Crippen molar-refractivity contribution in [1.82, 2.24) is 4.72 Å². The van der Waals surface area contributed by atoms with Crippen LogP contribution in [-0.2, 0) is 21.2 Å². The standard InChI is InChI=1S/C17H27NO3S/c1-2-15-9-11-17(12-10-15)22(19,20)18-13-6-14-21-16-7-4-3-5-8-16/h9-12,16,18H,2-8,13-14H2,1H3. The molecule has 0 amide bonds. The number of nitrogens with one attached hydrogen (secondary N) is 1. The van der Waals surface area contributed by atoms with Crippen LogP contribution in [-0.4, -0.2) is 27.7 Å². The molecule has 0 spiro atoms. The first-order valence-corrected chi connectivity index (χ1v) is 9.80. The quantitative estimate of drug-likeness (QED) is 0.746. The van der Waals surface area contributed by atoms with Crippen LogP contribution in [0.5, 0.6) is 0 Å². The zero-order chi connectivity index (χ0) is 15.8. The maximum atomic E-state index is 12.1. The second kappa shape index (κ2) is 8.65. The summed E-state index contributed by atoms with van der Waals surface area (Å²) in [5.74, 6) is 0. The van der Waals surface area contributed by atoms with E-state index in [-0.39, 0.29) is 0 Å². The van der Waals surface area contributed by atoms with Gasteiger partial charge in [-0.15, -0.1) is 0 Å². The van der Waals surface area contributed by atoms with E-state index < -0.39 is 10.0 Å². The second-order valence-corrected chi connectivity index (χ2v) is 7.65. The second-order valence-electron chi connectivity index (χ2n) is 5.88. The minimum Gasteiger partial charge on any atom is -0.378 e. The molecule has 22 heavy (non-hydrogen) atoms. The topological polar surface area (TPSA) is 55.4 Å². The van der Waals surface area contributed by atoms with Gasteiger partial charge >= 0.3 is 0 Å². The van der Waals surface area contributed by atoms with Crippen molar-refractivity contribution in [2.45, 2.75) is 62.9 Å². The van der Waals surface area contributed by atoms with E-state index in [1.807, 2.05) is 19.1 Å². The third-order valence-corrected chi connectivity index (χ3v) is 5.64. The highest BCUT2D eigenvalue weighted by molar-refractivity contribution is 7.89. The normalized spacial score (nSPS) is 16.8. The molecule has 1 aliphatic carbocycles. The summed E-state index contributed by atoms with van der Waals surface area (Å²) in [4.78, 5) is 0.331. The van der Waals surface area contributed by atoms with Crippen LogP contribution in [0.2, 0.25) is 0 Å². The zero-order valence-electron chi connectivity index (χ0n) is 13.4. The van der Waals surface area contributed by atoms with Crippen molar-refractivity contribution in [3.05, 3.63) is 29.8 Å². The van der Waals surface area contributed by atoms with E-state index in [2.05, 4.69) is 4.72 Å². The first-order chi connectivity index (χ1) is 10.6. The minimum atomic E-state index is -3.40. The maximum Gasteiger partial charge on any atom is 0.240 e. The van der Waals surface area contributed by atoms with Gasteiger partial charge in [0.2, 0.25) is 10.0 Å². The Hall–Kier alpha value is -0.910. The van der Waals surface area contributed by atoms with Gasteiger partial charge in [-0.05, 0) is 43.4 Å². The first kappa shape index (κ1) is 17.4. The monoisotopic (exact) mass is 325 g/mol. The van der Waals surface area contributed by atoms with Gasteiger partial charge in [-0.2, -0.15) is 0 Å². The predicted molar refractivity (Wildman–Crippen MR) is 88.5 cm³/mol. The smallest absolute Gasteiger partial charge is 0.240 e. The van der Waals surface area contributed by atoms with Gasteiger partial charge in [0.15, 0.2) is 0 Å². The molecule has 1 aromatic rings. The van der Waals surface area contributed by atoms with E-state index in [0.717, 1.165) is 24.8 Å². The van der Waals surface area contributed by atoms with E-state index in [4.69, 9.17) is 4.74 Å². The van der Waals surface area contributed by atoms with Crippen molar-refractivity contribution in [3.63, 3.8) is 0 Å². The Labute approximate surface area is 134 Å². The highest BCUT2D eigenvalue weighted by Crippen LogP contribution is 2.20. The van der Waals surface area contributed by atoms with E-state index in [9.17, 15) is 8.42 Å². The van der Waals surface area contributed by atoms with Crippen molar-refractivity contribution in [3.8, 4) is 0 Å². The number of ether oxygens (including phenoxy) is 1.